The average molecular weight is 340 g/mol. The lowest BCUT2D eigenvalue weighted by atomic mass is 10.2. The summed E-state index contributed by atoms with van der Waals surface area (Å²) < 4.78 is 28.2. The molecule has 1 unspecified atom stereocenters. The molecule has 0 saturated carbocycles. The summed E-state index contributed by atoms with van der Waals surface area (Å²) in [5, 5.41) is 2.84. The Balaban J connectivity index is 1.82. The first-order valence-corrected chi connectivity index (χ1v) is 9.64. The van der Waals surface area contributed by atoms with E-state index in [1.807, 2.05) is 6.92 Å². The molecule has 23 heavy (non-hydrogen) atoms. The number of nitrogens with zero attached hydrogens (tertiary/aromatic N) is 1. The first-order chi connectivity index (χ1) is 10.9. The second-order valence-corrected chi connectivity index (χ2v) is 7.94. The number of hydrogen-bond donors (Lipinski definition) is 1. The number of amides is 1. The maximum absolute atomic E-state index is 12.0. The molecule has 7 heteroatoms. The van der Waals surface area contributed by atoms with Crippen molar-refractivity contribution < 1.29 is 17.9 Å². The topological polar surface area (TPSA) is 75.7 Å². The van der Waals surface area contributed by atoms with Crippen molar-refractivity contribution in [3.63, 3.8) is 0 Å². The highest BCUT2D eigenvalue weighted by Crippen LogP contribution is 2.18. The van der Waals surface area contributed by atoms with Gasteiger partial charge < -0.3 is 10.1 Å². The van der Waals surface area contributed by atoms with E-state index in [4.69, 9.17) is 4.74 Å². The lowest BCUT2D eigenvalue weighted by molar-refractivity contribution is -0.116. The average Bonchev–Trinajstić information content (AvgIpc) is 2.88. The molecule has 0 aromatic heterocycles. The Kier molecular flexibility index (Phi) is 6.01. The smallest absolute Gasteiger partial charge is 0.225 e. The standard InChI is InChI=1S/C16H24N2O4S/c1-3-18(14-9-11-23(20,21)12-14)10-8-16(19)17-13-4-6-15(22-2)7-5-13/h4-7,14H,3,8-12H2,1-2H3,(H,17,19). The van der Waals surface area contributed by atoms with Gasteiger partial charge in [0.05, 0.1) is 18.6 Å². The minimum Gasteiger partial charge on any atom is -0.497 e. The summed E-state index contributed by atoms with van der Waals surface area (Å²) in [5.41, 5.74) is 0.724. The zero-order valence-corrected chi connectivity index (χ0v) is 14.4. The first kappa shape index (κ1) is 17.7. The Morgan fingerprint density at radius 2 is 2.04 bits per heavy atom. The second kappa shape index (κ2) is 7.79. The lowest BCUT2D eigenvalue weighted by Gasteiger charge is -2.26. The number of sulfone groups is 1. The van der Waals surface area contributed by atoms with E-state index in [0.717, 1.165) is 18.0 Å². The van der Waals surface area contributed by atoms with Gasteiger partial charge in [0.25, 0.3) is 0 Å². The summed E-state index contributed by atoms with van der Waals surface area (Å²) in [4.78, 5) is 14.1. The molecule has 1 fully saturated rings. The molecule has 1 saturated heterocycles. The number of carbonyl (C=O) groups is 1. The zero-order chi connectivity index (χ0) is 16.9. The molecule has 2 rings (SSSR count). The largest absolute Gasteiger partial charge is 0.497 e. The van der Waals surface area contributed by atoms with Crippen LogP contribution in [-0.2, 0) is 14.6 Å². The van der Waals surface area contributed by atoms with Crippen LogP contribution in [0.4, 0.5) is 5.69 Å². The number of methoxy groups -OCH3 is 1. The maximum Gasteiger partial charge on any atom is 0.225 e. The van der Waals surface area contributed by atoms with E-state index in [2.05, 4.69) is 10.2 Å². The van der Waals surface area contributed by atoms with E-state index in [1.165, 1.54) is 0 Å². The van der Waals surface area contributed by atoms with Crippen molar-refractivity contribution >= 4 is 21.4 Å². The van der Waals surface area contributed by atoms with Crippen LogP contribution in [0.25, 0.3) is 0 Å². The van der Waals surface area contributed by atoms with E-state index >= 15 is 0 Å². The van der Waals surface area contributed by atoms with Gasteiger partial charge in [0.15, 0.2) is 9.84 Å². The van der Waals surface area contributed by atoms with Crippen LogP contribution in [0.5, 0.6) is 5.75 Å². The summed E-state index contributed by atoms with van der Waals surface area (Å²) in [6.45, 7) is 3.31. The molecule has 1 aliphatic heterocycles. The van der Waals surface area contributed by atoms with Gasteiger partial charge in [0.1, 0.15) is 5.75 Å². The second-order valence-electron chi connectivity index (χ2n) is 5.71. The Hall–Kier alpha value is -1.60. The molecule has 128 valence electrons. The number of carbonyl (C=O) groups excluding carboxylic acids is 1. The molecule has 6 nitrogen and oxygen atoms in total. The van der Waals surface area contributed by atoms with E-state index in [0.29, 0.717) is 19.4 Å². The van der Waals surface area contributed by atoms with Crippen LogP contribution < -0.4 is 10.1 Å². The first-order valence-electron chi connectivity index (χ1n) is 7.82. The predicted octanol–water partition coefficient (Wildman–Crippen LogP) is 1.53. The van der Waals surface area contributed by atoms with Gasteiger partial charge >= 0.3 is 0 Å². The molecule has 1 heterocycles. The highest BCUT2D eigenvalue weighted by atomic mass is 32.2. The van der Waals surface area contributed by atoms with E-state index in [1.54, 1.807) is 31.4 Å². The third-order valence-electron chi connectivity index (χ3n) is 4.13. The van der Waals surface area contributed by atoms with Crippen LogP contribution in [0.3, 0.4) is 0 Å². The fourth-order valence-electron chi connectivity index (χ4n) is 2.81. The molecule has 0 aliphatic carbocycles. The van der Waals surface area contributed by atoms with Crippen molar-refractivity contribution in [1.82, 2.24) is 4.90 Å². The van der Waals surface area contributed by atoms with Crippen LogP contribution in [0.2, 0.25) is 0 Å². The van der Waals surface area contributed by atoms with Gasteiger partial charge in [-0.3, -0.25) is 9.69 Å². The van der Waals surface area contributed by atoms with Gasteiger partial charge in [0.2, 0.25) is 5.91 Å². The molecular weight excluding hydrogens is 316 g/mol. The predicted molar refractivity (Wildman–Crippen MR) is 90.5 cm³/mol. The van der Waals surface area contributed by atoms with Gasteiger partial charge in [-0.05, 0) is 37.2 Å². The normalized spacial score (nSPS) is 19.7. The molecule has 1 aliphatic rings. The summed E-state index contributed by atoms with van der Waals surface area (Å²) in [7, 11) is -1.31. The SMILES string of the molecule is CCN(CCC(=O)Nc1ccc(OC)cc1)C1CCS(=O)(=O)C1. The maximum atomic E-state index is 12.0. The van der Waals surface area contributed by atoms with Gasteiger partial charge in [-0.25, -0.2) is 8.42 Å². The lowest BCUT2D eigenvalue weighted by Crippen LogP contribution is -2.38. The van der Waals surface area contributed by atoms with Crippen LogP contribution in [0, 0.1) is 0 Å². The zero-order valence-electron chi connectivity index (χ0n) is 13.6. The molecule has 0 radical (unpaired) electrons. The van der Waals surface area contributed by atoms with Crippen LogP contribution >= 0.6 is 0 Å². The van der Waals surface area contributed by atoms with Gasteiger partial charge in [-0.1, -0.05) is 6.92 Å². The molecule has 1 atom stereocenters. The highest BCUT2D eigenvalue weighted by molar-refractivity contribution is 7.91. The third kappa shape index (κ3) is 5.21. The van der Waals surface area contributed by atoms with E-state index in [9.17, 15) is 13.2 Å². The fraction of sp³-hybridized carbons (Fsp3) is 0.562. The van der Waals surface area contributed by atoms with Gasteiger partial charge in [-0.15, -0.1) is 0 Å². The summed E-state index contributed by atoms with van der Waals surface area (Å²) in [6, 6.07) is 7.20. The van der Waals surface area contributed by atoms with Crippen LogP contribution in [0.15, 0.2) is 24.3 Å². The van der Waals surface area contributed by atoms with Gasteiger partial charge in [0, 0.05) is 24.7 Å². The van der Waals surface area contributed by atoms with E-state index in [-0.39, 0.29) is 23.5 Å². The monoisotopic (exact) mass is 340 g/mol. The Labute approximate surface area is 137 Å². The third-order valence-corrected chi connectivity index (χ3v) is 5.88. The number of rotatable bonds is 7. The van der Waals surface area contributed by atoms with Crippen molar-refractivity contribution in [3.05, 3.63) is 24.3 Å². The fourth-order valence-corrected chi connectivity index (χ4v) is 4.57. The highest BCUT2D eigenvalue weighted by Gasteiger charge is 2.31. The molecule has 0 bridgehead atoms. The van der Waals surface area contributed by atoms with Crippen molar-refractivity contribution in [2.45, 2.75) is 25.8 Å². The van der Waals surface area contributed by atoms with Crippen molar-refractivity contribution in [2.24, 2.45) is 0 Å². The minimum absolute atomic E-state index is 0.0405. The van der Waals surface area contributed by atoms with E-state index < -0.39 is 9.84 Å². The summed E-state index contributed by atoms with van der Waals surface area (Å²) in [6.07, 6.45) is 1.01. The number of hydrogen-bond acceptors (Lipinski definition) is 5. The van der Waals surface area contributed by atoms with Crippen molar-refractivity contribution in [3.8, 4) is 5.75 Å². The molecule has 1 N–H and O–H groups in total. The van der Waals surface area contributed by atoms with Crippen molar-refractivity contribution in [1.29, 1.82) is 0 Å². The number of benzene rings is 1. The van der Waals surface area contributed by atoms with Crippen molar-refractivity contribution in [2.75, 3.05) is 37.0 Å². The number of ether oxygens (including phenoxy) is 1. The Morgan fingerprint density at radius 1 is 1.35 bits per heavy atom. The minimum atomic E-state index is -2.90. The molecular formula is C16H24N2O4S. The molecule has 1 aromatic carbocycles. The Morgan fingerprint density at radius 3 is 2.57 bits per heavy atom. The van der Waals surface area contributed by atoms with Gasteiger partial charge in [-0.2, -0.15) is 0 Å². The molecule has 1 amide bonds. The van der Waals surface area contributed by atoms with Crippen LogP contribution in [0.1, 0.15) is 19.8 Å². The molecule has 1 aromatic rings. The quantitative estimate of drug-likeness (QED) is 0.815. The van der Waals surface area contributed by atoms with Crippen LogP contribution in [-0.4, -0.2) is 57.0 Å². The summed E-state index contributed by atoms with van der Waals surface area (Å²) >= 11 is 0. The number of anilines is 1. The summed E-state index contributed by atoms with van der Waals surface area (Å²) in [5.74, 6) is 1.13. The Bertz CT molecular complexity index is 628. The number of nitrogens with one attached hydrogen (secondary N) is 1. The molecule has 0 spiro atoms.